The lowest BCUT2D eigenvalue weighted by Gasteiger charge is -2.04. The third kappa shape index (κ3) is 24.0. The van der Waals surface area contributed by atoms with E-state index < -0.39 is 0 Å². The summed E-state index contributed by atoms with van der Waals surface area (Å²) in [5.41, 5.74) is 7.12. The number of rotatable bonds is 23. The molecule has 1 N–H and O–H groups in total. The Morgan fingerprint density at radius 1 is 0.308 bits per heavy atom. The molecular formula is C25H52N. The first-order valence-corrected chi connectivity index (χ1v) is 12.6. The topological polar surface area (TPSA) is 23.8 Å². The highest BCUT2D eigenvalue weighted by Gasteiger charge is 1.95. The second kappa shape index (κ2) is 25.0. The Morgan fingerprint density at radius 3 is 0.692 bits per heavy atom. The average Bonchev–Trinajstić information content (AvgIpc) is 2.66. The van der Waals surface area contributed by atoms with E-state index in [0.717, 1.165) is 6.42 Å². The van der Waals surface area contributed by atoms with Crippen LogP contribution >= 0.6 is 0 Å². The number of hydrogen-bond acceptors (Lipinski definition) is 0. The predicted octanol–water partition coefficient (Wildman–Crippen LogP) is 9.26. The summed E-state index contributed by atoms with van der Waals surface area (Å²) in [7, 11) is 0. The molecule has 26 heavy (non-hydrogen) atoms. The molecule has 0 atom stereocenters. The Morgan fingerprint density at radius 2 is 0.500 bits per heavy atom. The van der Waals surface area contributed by atoms with Gasteiger partial charge in [0.1, 0.15) is 0 Å². The summed E-state index contributed by atoms with van der Waals surface area (Å²) in [5.74, 6) is 0. The molecule has 0 aliphatic heterocycles. The van der Waals surface area contributed by atoms with Gasteiger partial charge in [-0.2, -0.15) is 0 Å². The molecule has 1 nitrogen and oxygen atoms in total. The Kier molecular flexibility index (Phi) is 24.9. The van der Waals surface area contributed by atoms with Crippen molar-refractivity contribution in [2.45, 2.75) is 155 Å². The number of nitrogens with one attached hydrogen (secondary N) is 1. The van der Waals surface area contributed by atoms with E-state index in [9.17, 15) is 0 Å². The first-order valence-electron chi connectivity index (χ1n) is 12.6. The van der Waals surface area contributed by atoms with Crippen LogP contribution in [0, 0.1) is 0 Å². The predicted molar refractivity (Wildman–Crippen MR) is 120 cm³/mol. The van der Waals surface area contributed by atoms with Crippen molar-refractivity contribution in [3.63, 3.8) is 0 Å². The van der Waals surface area contributed by atoms with Crippen LogP contribution in [0.25, 0.3) is 0 Å². The zero-order chi connectivity index (χ0) is 19.0. The standard InChI is InChI=1S/C25H52N/c1-2-3-4-5-6-7-8-9-10-11-12-13-14-15-16-17-18-19-20-21-22-23-24-25-26/h26H,2-25H2,1H3. The minimum absolute atomic E-state index is 0.624. The Hall–Kier alpha value is -0.0400. The minimum atomic E-state index is 0.624. The van der Waals surface area contributed by atoms with Crippen LogP contribution in [-0.4, -0.2) is 6.54 Å². The van der Waals surface area contributed by atoms with Crippen LogP contribution in [-0.2, 0) is 0 Å². The van der Waals surface area contributed by atoms with Gasteiger partial charge in [0, 0.05) is 6.54 Å². The maximum atomic E-state index is 7.12. The molecule has 0 amide bonds. The summed E-state index contributed by atoms with van der Waals surface area (Å²) < 4.78 is 0. The maximum Gasteiger partial charge on any atom is 0.00997 e. The molecule has 157 valence electrons. The van der Waals surface area contributed by atoms with Crippen molar-refractivity contribution in [1.29, 1.82) is 0 Å². The van der Waals surface area contributed by atoms with Crippen LogP contribution < -0.4 is 5.73 Å². The number of hydrogen-bond donors (Lipinski definition) is 0. The molecule has 0 aromatic rings. The summed E-state index contributed by atoms with van der Waals surface area (Å²) in [4.78, 5) is 0. The lowest BCUT2D eigenvalue weighted by molar-refractivity contribution is 0.518. The summed E-state index contributed by atoms with van der Waals surface area (Å²) in [5, 5.41) is 0. The molecule has 0 bridgehead atoms. The Balaban J connectivity index is 2.95. The zero-order valence-corrected chi connectivity index (χ0v) is 18.5. The summed E-state index contributed by atoms with van der Waals surface area (Å²) in [6, 6.07) is 0. The van der Waals surface area contributed by atoms with Crippen LogP contribution in [0.1, 0.15) is 155 Å². The lowest BCUT2D eigenvalue weighted by atomic mass is 10.0. The van der Waals surface area contributed by atoms with E-state index in [4.69, 9.17) is 5.73 Å². The largest absolute Gasteiger partial charge is 0.258 e. The van der Waals surface area contributed by atoms with Crippen molar-refractivity contribution in [2.24, 2.45) is 0 Å². The van der Waals surface area contributed by atoms with Crippen LogP contribution in [0.3, 0.4) is 0 Å². The molecule has 0 rings (SSSR count). The average molecular weight is 367 g/mol. The number of unbranched alkanes of at least 4 members (excludes halogenated alkanes) is 22. The van der Waals surface area contributed by atoms with Gasteiger partial charge in [0.2, 0.25) is 0 Å². The van der Waals surface area contributed by atoms with Gasteiger partial charge in [-0.25, -0.2) is 0 Å². The third-order valence-corrected chi connectivity index (χ3v) is 5.78. The molecule has 0 unspecified atom stereocenters. The molecule has 0 fully saturated rings. The molecular weight excluding hydrogens is 314 g/mol. The highest BCUT2D eigenvalue weighted by atomic mass is 14.5. The summed E-state index contributed by atoms with van der Waals surface area (Å²) in [6.07, 6.45) is 33.0. The summed E-state index contributed by atoms with van der Waals surface area (Å²) in [6.45, 7) is 2.92. The van der Waals surface area contributed by atoms with Gasteiger partial charge < -0.3 is 0 Å². The van der Waals surface area contributed by atoms with Gasteiger partial charge in [-0.1, -0.05) is 148 Å². The van der Waals surface area contributed by atoms with Gasteiger partial charge in [0.25, 0.3) is 0 Å². The van der Waals surface area contributed by atoms with Gasteiger partial charge in [0.15, 0.2) is 0 Å². The van der Waals surface area contributed by atoms with Crippen LogP contribution in [0.5, 0.6) is 0 Å². The van der Waals surface area contributed by atoms with Gasteiger partial charge in [-0.3, -0.25) is 5.73 Å². The van der Waals surface area contributed by atoms with Gasteiger partial charge in [-0.15, -0.1) is 0 Å². The normalized spacial score (nSPS) is 11.3. The van der Waals surface area contributed by atoms with E-state index in [1.54, 1.807) is 0 Å². The molecule has 1 radical (unpaired) electrons. The van der Waals surface area contributed by atoms with Crippen molar-refractivity contribution in [3.05, 3.63) is 0 Å². The molecule has 0 saturated carbocycles. The van der Waals surface area contributed by atoms with Crippen molar-refractivity contribution in [3.8, 4) is 0 Å². The highest BCUT2D eigenvalue weighted by molar-refractivity contribution is 4.51. The van der Waals surface area contributed by atoms with E-state index in [0.29, 0.717) is 6.54 Å². The van der Waals surface area contributed by atoms with E-state index in [2.05, 4.69) is 6.92 Å². The molecule has 0 saturated heterocycles. The van der Waals surface area contributed by atoms with Gasteiger partial charge in [0.05, 0.1) is 0 Å². The first-order chi connectivity index (χ1) is 12.9. The third-order valence-electron chi connectivity index (χ3n) is 5.78. The quantitative estimate of drug-likeness (QED) is 0.161. The SMILES string of the molecule is CCCCCCCCCCCCCCCCCCCCCCCCC[NH]. The fourth-order valence-corrected chi connectivity index (χ4v) is 3.91. The Bertz CT molecular complexity index is 202. The lowest BCUT2D eigenvalue weighted by Crippen LogP contribution is -1.86. The van der Waals surface area contributed by atoms with Crippen molar-refractivity contribution < 1.29 is 0 Å². The van der Waals surface area contributed by atoms with Crippen LogP contribution in [0.2, 0.25) is 0 Å². The molecule has 1 heteroatoms. The van der Waals surface area contributed by atoms with Crippen molar-refractivity contribution >= 4 is 0 Å². The maximum absolute atomic E-state index is 7.12. The zero-order valence-electron chi connectivity index (χ0n) is 18.5. The van der Waals surface area contributed by atoms with Crippen molar-refractivity contribution in [2.75, 3.05) is 6.54 Å². The second-order valence-electron chi connectivity index (χ2n) is 8.53. The molecule has 0 aromatic heterocycles. The second-order valence-corrected chi connectivity index (χ2v) is 8.53. The van der Waals surface area contributed by atoms with E-state index in [1.807, 2.05) is 0 Å². The molecule has 0 aliphatic carbocycles. The van der Waals surface area contributed by atoms with E-state index in [-0.39, 0.29) is 0 Å². The van der Waals surface area contributed by atoms with E-state index >= 15 is 0 Å². The Labute approximate surface area is 167 Å². The van der Waals surface area contributed by atoms with Gasteiger partial charge in [-0.05, 0) is 6.42 Å². The highest BCUT2D eigenvalue weighted by Crippen LogP contribution is 2.15. The van der Waals surface area contributed by atoms with Gasteiger partial charge >= 0.3 is 0 Å². The monoisotopic (exact) mass is 366 g/mol. The van der Waals surface area contributed by atoms with Crippen LogP contribution in [0.4, 0.5) is 0 Å². The summed E-state index contributed by atoms with van der Waals surface area (Å²) >= 11 is 0. The van der Waals surface area contributed by atoms with E-state index in [1.165, 1.54) is 141 Å². The van der Waals surface area contributed by atoms with Crippen molar-refractivity contribution in [1.82, 2.24) is 5.73 Å². The molecule has 0 spiro atoms. The molecule has 0 aliphatic rings. The molecule has 0 heterocycles. The fraction of sp³-hybridized carbons (Fsp3) is 1.00. The minimum Gasteiger partial charge on any atom is -0.258 e. The molecule has 0 aromatic carbocycles. The smallest absolute Gasteiger partial charge is 0.00997 e. The van der Waals surface area contributed by atoms with Crippen LogP contribution in [0.15, 0.2) is 0 Å². The fourth-order valence-electron chi connectivity index (χ4n) is 3.91. The first kappa shape index (κ1) is 26.0.